The van der Waals surface area contributed by atoms with Crippen LogP contribution in [0.5, 0.6) is 0 Å². The summed E-state index contributed by atoms with van der Waals surface area (Å²) in [4.78, 5) is 0. The normalized spacial score (nSPS) is 19.2. The second-order valence-corrected chi connectivity index (χ2v) is 8.03. The maximum Gasteiger partial charge on any atom is 0.123 e. The van der Waals surface area contributed by atoms with Gasteiger partial charge in [0.25, 0.3) is 0 Å². The molecule has 3 aromatic carbocycles. The molecular weight excluding hydrogens is 331 g/mol. The quantitative estimate of drug-likeness (QED) is 0.396. The van der Waals surface area contributed by atoms with E-state index in [0.29, 0.717) is 11.8 Å². The van der Waals surface area contributed by atoms with E-state index in [9.17, 15) is 4.39 Å². The van der Waals surface area contributed by atoms with Crippen molar-refractivity contribution in [2.24, 2.45) is 5.92 Å². The molecule has 1 heteroatoms. The minimum absolute atomic E-state index is 0.146. The molecule has 0 fully saturated rings. The summed E-state index contributed by atoms with van der Waals surface area (Å²) in [6, 6.07) is 20.6. The lowest BCUT2D eigenvalue weighted by Gasteiger charge is -2.35. The Hall–Kier alpha value is -2.15. The molecule has 0 aromatic heterocycles. The van der Waals surface area contributed by atoms with Gasteiger partial charge in [-0.3, -0.25) is 0 Å². The van der Waals surface area contributed by atoms with Gasteiger partial charge < -0.3 is 0 Å². The molecule has 0 unspecified atom stereocenters. The van der Waals surface area contributed by atoms with Crippen molar-refractivity contribution in [3.05, 3.63) is 83.2 Å². The van der Waals surface area contributed by atoms with Gasteiger partial charge in [-0.2, -0.15) is 0 Å². The number of unbranched alkanes of at least 4 members (excludes halogenated alkanes) is 3. The van der Waals surface area contributed by atoms with Gasteiger partial charge in [-0.1, -0.05) is 81.1 Å². The monoisotopic (exact) mass is 360 g/mol. The number of aryl methyl sites for hydroxylation is 1. The molecule has 2 atom stereocenters. The Morgan fingerprint density at radius 3 is 2.52 bits per heavy atom. The number of hydrogen-bond donors (Lipinski definition) is 0. The number of benzene rings is 3. The Labute approximate surface area is 162 Å². The average molecular weight is 361 g/mol. The van der Waals surface area contributed by atoms with Crippen LogP contribution in [0.1, 0.15) is 68.1 Å². The summed E-state index contributed by atoms with van der Waals surface area (Å²) < 4.78 is 13.5. The molecule has 0 N–H and O–H groups in total. The van der Waals surface area contributed by atoms with Crippen LogP contribution in [0.25, 0.3) is 10.8 Å². The zero-order valence-corrected chi connectivity index (χ0v) is 16.3. The molecule has 0 aliphatic heterocycles. The zero-order chi connectivity index (χ0) is 18.6. The Bertz CT molecular complexity index is 894. The third kappa shape index (κ3) is 3.78. The number of fused-ring (bicyclic) bond motifs is 3. The molecule has 0 saturated heterocycles. The second kappa shape index (κ2) is 8.25. The summed E-state index contributed by atoms with van der Waals surface area (Å²) in [5.41, 5.74) is 4.24. The van der Waals surface area contributed by atoms with Crippen LogP contribution in [0.2, 0.25) is 0 Å². The van der Waals surface area contributed by atoms with Gasteiger partial charge in [0, 0.05) is 5.92 Å². The Morgan fingerprint density at radius 2 is 1.70 bits per heavy atom. The lowest BCUT2D eigenvalue weighted by atomic mass is 9.69. The predicted octanol–water partition coefficient (Wildman–Crippen LogP) is 7.64. The number of rotatable bonds is 6. The van der Waals surface area contributed by atoms with Crippen molar-refractivity contribution in [2.75, 3.05) is 0 Å². The van der Waals surface area contributed by atoms with Gasteiger partial charge in [0.05, 0.1) is 0 Å². The van der Waals surface area contributed by atoms with Gasteiger partial charge in [0.1, 0.15) is 5.82 Å². The predicted molar refractivity (Wildman–Crippen MR) is 113 cm³/mol. The van der Waals surface area contributed by atoms with Crippen molar-refractivity contribution in [1.29, 1.82) is 0 Å². The Balaban J connectivity index is 1.73. The first kappa shape index (κ1) is 18.2. The molecule has 0 heterocycles. The van der Waals surface area contributed by atoms with E-state index in [1.165, 1.54) is 66.0 Å². The van der Waals surface area contributed by atoms with Gasteiger partial charge >= 0.3 is 0 Å². The summed E-state index contributed by atoms with van der Waals surface area (Å²) in [6.45, 7) is 2.27. The average Bonchev–Trinajstić information content (AvgIpc) is 2.71. The van der Waals surface area contributed by atoms with Gasteiger partial charge in [0.15, 0.2) is 0 Å². The van der Waals surface area contributed by atoms with E-state index >= 15 is 0 Å². The standard InChI is InChI=1S/C26H29F/c1-2-3-4-5-9-20-14-17-24-23-10-7-6-8-19(23)13-18-25(24)26(20)21-11-15-22(27)16-12-21/h6-8,10-13,15-16,18,20,26H,2-5,9,14,17H2,1H3/t20-,26-/m1/s1. The lowest BCUT2D eigenvalue weighted by molar-refractivity contribution is 0.368. The first-order valence-electron chi connectivity index (χ1n) is 10.5. The summed E-state index contributed by atoms with van der Waals surface area (Å²) in [6.07, 6.45) is 8.90. The second-order valence-electron chi connectivity index (χ2n) is 8.03. The van der Waals surface area contributed by atoms with Crippen molar-refractivity contribution in [3.63, 3.8) is 0 Å². The molecule has 4 rings (SSSR count). The maximum atomic E-state index is 13.5. The van der Waals surface area contributed by atoms with E-state index < -0.39 is 0 Å². The summed E-state index contributed by atoms with van der Waals surface area (Å²) in [5, 5.41) is 2.72. The zero-order valence-electron chi connectivity index (χ0n) is 16.3. The minimum Gasteiger partial charge on any atom is -0.207 e. The molecular formula is C26H29F. The first-order valence-corrected chi connectivity index (χ1v) is 10.5. The Kier molecular flexibility index (Phi) is 5.57. The highest BCUT2D eigenvalue weighted by Gasteiger charge is 2.31. The smallest absolute Gasteiger partial charge is 0.123 e. The van der Waals surface area contributed by atoms with Crippen LogP contribution in [-0.4, -0.2) is 0 Å². The van der Waals surface area contributed by atoms with Crippen LogP contribution < -0.4 is 0 Å². The molecule has 0 spiro atoms. The molecule has 0 saturated carbocycles. The number of hydrogen-bond acceptors (Lipinski definition) is 0. The fourth-order valence-electron chi connectivity index (χ4n) is 4.94. The van der Waals surface area contributed by atoms with E-state index in [-0.39, 0.29) is 5.82 Å². The molecule has 1 aliphatic rings. The van der Waals surface area contributed by atoms with Crippen molar-refractivity contribution in [3.8, 4) is 0 Å². The van der Waals surface area contributed by atoms with Crippen molar-refractivity contribution >= 4 is 10.8 Å². The third-order valence-electron chi connectivity index (χ3n) is 6.31. The number of halogens is 1. The molecule has 0 amide bonds. The van der Waals surface area contributed by atoms with E-state index in [2.05, 4.69) is 43.3 Å². The van der Waals surface area contributed by atoms with E-state index in [1.807, 2.05) is 12.1 Å². The fourth-order valence-corrected chi connectivity index (χ4v) is 4.94. The molecule has 0 nitrogen and oxygen atoms in total. The topological polar surface area (TPSA) is 0 Å². The molecule has 0 bridgehead atoms. The highest BCUT2D eigenvalue weighted by Crippen LogP contribution is 2.45. The van der Waals surface area contributed by atoms with E-state index in [1.54, 1.807) is 12.1 Å². The molecule has 27 heavy (non-hydrogen) atoms. The third-order valence-corrected chi connectivity index (χ3v) is 6.31. The van der Waals surface area contributed by atoms with Gasteiger partial charge in [-0.05, 0) is 64.8 Å². The molecule has 1 aliphatic carbocycles. The van der Waals surface area contributed by atoms with Crippen LogP contribution in [0.4, 0.5) is 4.39 Å². The summed E-state index contributed by atoms with van der Waals surface area (Å²) in [5.74, 6) is 0.898. The van der Waals surface area contributed by atoms with E-state index in [0.717, 1.165) is 6.42 Å². The van der Waals surface area contributed by atoms with Crippen LogP contribution in [0.15, 0.2) is 60.7 Å². The largest absolute Gasteiger partial charge is 0.207 e. The first-order chi connectivity index (χ1) is 13.3. The van der Waals surface area contributed by atoms with Gasteiger partial charge in [-0.15, -0.1) is 0 Å². The molecule has 140 valence electrons. The molecule has 0 radical (unpaired) electrons. The highest BCUT2D eigenvalue weighted by atomic mass is 19.1. The van der Waals surface area contributed by atoms with Crippen molar-refractivity contribution in [1.82, 2.24) is 0 Å². The van der Waals surface area contributed by atoms with Crippen LogP contribution in [0, 0.1) is 11.7 Å². The molecule has 3 aromatic rings. The SMILES string of the molecule is CCCCCC[C@@H]1CCc2c(ccc3ccccc23)[C@H]1c1ccc(F)cc1. The fraction of sp³-hybridized carbons (Fsp3) is 0.385. The van der Waals surface area contributed by atoms with Crippen molar-refractivity contribution < 1.29 is 4.39 Å². The summed E-state index contributed by atoms with van der Waals surface area (Å²) >= 11 is 0. The van der Waals surface area contributed by atoms with Crippen molar-refractivity contribution in [2.45, 2.75) is 57.8 Å². The van der Waals surface area contributed by atoms with E-state index in [4.69, 9.17) is 0 Å². The highest BCUT2D eigenvalue weighted by molar-refractivity contribution is 5.87. The van der Waals surface area contributed by atoms with Gasteiger partial charge in [-0.25, -0.2) is 4.39 Å². The summed E-state index contributed by atoms with van der Waals surface area (Å²) in [7, 11) is 0. The lowest BCUT2D eigenvalue weighted by Crippen LogP contribution is -2.22. The van der Waals surface area contributed by atoms with Crippen LogP contribution in [0.3, 0.4) is 0 Å². The Morgan fingerprint density at radius 1 is 0.889 bits per heavy atom. The van der Waals surface area contributed by atoms with Crippen LogP contribution >= 0.6 is 0 Å². The maximum absolute atomic E-state index is 13.5. The van der Waals surface area contributed by atoms with Crippen LogP contribution in [-0.2, 0) is 6.42 Å². The van der Waals surface area contributed by atoms with Gasteiger partial charge in [0.2, 0.25) is 0 Å². The minimum atomic E-state index is -0.146.